The van der Waals surface area contributed by atoms with Crippen molar-refractivity contribution < 1.29 is 4.79 Å². The summed E-state index contributed by atoms with van der Waals surface area (Å²) in [6, 6.07) is 20.8. The highest BCUT2D eigenvalue weighted by Gasteiger charge is 2.51. The van der Waals surface area contributed by atoms with Gasteiger partial charge in [-0.05, 0) is 66.8 Å². The van der Waals surface area contributed by atoms with Gasteiger partial charge in [-0.3, -0.25) is 4.79 Å². The summed E-state index contributed by atoms with van der Waals surface area (Å²) in [5.41, 5.74) is 5.67. The molecule has 1 saturated heterocycles. The van der Waals surface area contributed by atoms with Crippen LogP contribution in [0.4, 0.5) is 0 Å². The number of thioether (sulfide) groups is 1. The zero-order valence-electron chi connectivity index (χ0n) is 20.5. The van der Waals surface area contributed by atoms with Crippen LogP contribution in [0.3, 0.4) is 0 Å². The Hall–Kier alpha value is -2.66. The Morgan fingerprint density at radius 3 is 2.56 bits per heavy atom. The van der Waals surface area contributed by atoms with Gasteiger partial charge < -0.3 is 4.90 Å². The second-order valence-corrected chi connectivity index (χ2v) is 12.3. The summed E-state index contributed by atoms with van der Waals surface area (Å²) in [5.74, 6) is 0.939. The highest BCUT2D eigenvalue weighted by Crippen LogP contribution is 2.52. The largest absolute Gasteiger partial charge is 0.335 e. The fraction of sp³-hybridized carbons (Fsp3) is 0.414. The molecule has 2 aromatic carbocycles. The molecule has 34 heavy (non-hydrogen) atoms. The number of aromatic nitrogens is 2. The van der Waals surface area contributed by atoms with Crippen molar-refractivity contribution in [2.45, 2.75) is 63.8 Å². The van der Waals surface area contributed by atoms with E-state index in [9.17, 15) is 4.79 Å². The van der Waals surface area contributed by atoms with Crippen LogP contribution in [0.25, 0.3) is 11.3 Å². The quantitative estimate of drug-likeness (QED) is 0.385. The normalized spacial score (nSPS) is 23.2. The lowest BCUT2D eigenvalue weighted by Gasteiger charge is -2.39. The standard InChI is InChI=1S/C29H33N3OS/c1-20-8-10-22(11-9-20)25-12-13-26(31-30-25)34-17-21-6-5-7-23(14-21)27(33)32-19-29(4)16-24(32)15-28(2,3)18-29/h5-14,24H,15-19H2,1-4H3/t24-,29+/m1/s1. The van der Waals surface area contributed by atoms with Crippen LogP contribution >= 0.6 is 11.8 Å². The number of hydrogen-bond donors (Lipinski definition) is 0. The van der Waals surface area contributed by atoms with E-state index in [0.717, 1.165) is 52.5 Å². The summed E-state index contributed by atoms with van der Waals surface area (Å²) >= 11 is 1.65. The molecule has 5 rings (SSSR count). The summed E-state index contributed by atoms with van der Waals surface area (Å²) in [6.45, 7) is 10.0. The number of carbonyl (C=O) groups is 1. The van der Waals surface area contributed by atoms with Gasteiger partial charge in [0.25, 0.3) is 5.91 Å². The number of likely N-dealkylation sites (tertiary alicyclic amines) is 1. The third kappa shape index (κ3) is 4.90. The maximum Gasteiger partial charge on any atom is 0.254 e. The van der Waals surface area contributed by atoms with E-state index in [1.54, 1.807) is 11.8 Å². The summed E-state index contributed by atoms with van der Waals surface area (Å²) in [5, 5.41) is 9.70. The van der Waals surface area contributed by atoms with E-state index in [0.29, 0.717) is 11.5 Å². The molecule has 1 saturated carbocycles. The van der Waals surface area contributed by atoms with Crippen molar-refractivity contribution in [2.75, 3.05) is 6.54 Å². The molecule has 4 nitrogen and oxygen atoms in total. The van der Waals surface area contributed by atoms with Gasteiger partial charge in [0.15, 0.2) is 0 Å². The third-order valence-corrected chi connectivity index (χ3v) is 8.21. The Morgan fingerprint density at radius 2 is 1.82 bits per heavy atom. The molecule has 0 N–H and O–H groups in total. The van der Waals surface area contributed by atoms with Crippen LogP contribution in [0.1, 0.15) is 61.5 Å². The minimum absolute atomic E-state index is 0.181. The van der Waals surface area contributed by atoms with E-state index >= 15 is 0 Å². The third-order valence-electron chi connectivity index (χ3n) is 7.22. The molecule has 1 aliphatic heterocycles. The summed E-state index contributed by atoms with van der Waals surface area (Å²) in [4.78, 5) is 15.6. The molecule has 0 radical (unpaired) electrons. The number of aryl methyl sites for hydroxylation is 1. The van der Waals surface area contributed by atoms with Gasteiger partial charge in [-0.2, -0.15) is 0 Å². The summed E-state index contributed by atoms with van der Waals surface area (Å²) in [6.07, 6.45) is 3.43. The number of benzene rings is 2. The van der Waals surface area contributed by atoms with Gasteiger partial charge in [-0.15, -0.1) is 10.2 Å². The van der Waals surface area contributed by atoms with E-state index in [2.05, 4.69) is 79.2 Å². The second kappa shape index (κ2) is 8.84. The Kier molecular flexibility index (Phi) is 6.01. The van der Waals surface area contributed by atoms with Gasteiger partial charge in [-0.25, -0.2) is 0 Å². The molecule has 2 fully saturated rings. The van der Waals surface area contributed by atoms with Crippen LogP contribution in [0.2, 0.25) is 0 Å². The molecule has 5 heteroatoms. The van der Waals surface area contributed by atoms with Crippen molar-refractivity contribution in [3.05, 3.63) is 77.4 Å². The Morgan fingerprint density at radius 1 is 1.03 bits per heavy atom. The predicted molar refractivity (Wildman–Crippen MR) is 139 cm³/mol. The first kappa shape index (κ1) is 23.1. The number of amides is 1. The van der Waals surface area contributed by atoms with Crippen LogP contribution in [-0.2, 0) is 5.75 Å². The van der Waals surface area contributed by atoms with Gasteiger partial charge in [0.2, 0.25) is 0 Å². The summed E-state index contributed by atoms with van der Waals surface area (Å²) in [7, 11) is 0. The van der Waals surface area contributed by atoms with Gasteiger partial charge >= 0.3 is 0 Å². The lowest BCUT2D eigenvalue weighted by molar-refractivity contribution is 0.0708. The first-order chi connectivity index (χ1) is 16.2. The first-order valence-electron chi connectivity index (χ1n) is 12.1. The Balaban J connectivity index is 1.24. The van der Waals surface area contributed by atoms with Gasteiger partial charge in [0.1, 0.15) is 5.03 Å². The minimum atomic E-state index is 0.181. The Bertz CT molecular complexity index is 1190. The van der Waals surface area contributed by atoms with E-state index in [4.69, 9.17) is 0 Å². The first-order valence-corrected chi connectivity index (χ1v) is 13.1. The van der Waals surface area contributed by atoms with Crippen LogP contribution in [0.15, 0.2) is 65.7 Å². The molecule has 3 aromatic rings. The molecule has 0 unspecified atom stereocenters. The monoisotopic (exact) mass is 471 g/mol. The number of hydrogen-bond acceptors (Lipinski definition) is 4. The zero-order valence-corrected chi connectivity index (χ0v) is 21.4. The Labute approximate surface area is 207 Å². The minimum Gasteiger partial charge on any atom is -0.335 e. The van der Waals surface area contributed by atoms with Crippen molar-refractivity contribution in [1.82, 2.24) is 15.1 Å². The van der Waals surface area contributed by atoms with Crippen molar-refractivity contribution in [2.24, 2.45) is 10.8 Å². The van der Waals surface area contributed by atoms with E-state index < -0.39 is 0 Å². The van der Waals surface area contributed by atoms with Crippen LogP contribution in [-0.4, -0.2) is 33.6 Å². The number of rotatable bonds is 5. The molecule has 1 amide bonds. The van der Waals surface area contributed by atoms with Crippen molar-refractivity contribution in [1.29, 1.82) is 0 Å². The average Bonchev–Trinajstić information content (AvgIpc) is 3.07. The second-order valence-electron chi connectivity index (χ2n) is 11.3. The van der Waals surface area contributed by atoms with Gasteiger partial charge in [-0.1, -0.05) is 74.5 Å². The highest BCUT2D eigenvalue weighted by molar-refractivity contribution is 7.98. The van der Waals surface area contributed by atoms with Crippen molar-refractivity contribution in [3.8, 4) is 11.3 Å². The van der Waals surface area contributed by atoms with Gasteiger partial charge in [0.05, 0.1) is 5.69 Å². The van der Waals surface area contributed by atoms with Crippen molar-refractivity contribution in [3.63, 3.8) is 0 Å². The van der Waals surface area contributed by atoms with E-state index in [1.807, 2.05) is 24.3 Å². The number of fused-ring (bicyclic) bond motifs is 2. The topological polar surface area (TPSA) is 46.1 Å². The van der Waals surface area contributed by atoms with Crippen LogP contribution in [0.5, 0.6) is 0 Å². The lowest BCUT2D eigenvalue weighted by Crippen LogP contribution is -2.37. The molecule has 0 spiro atoms. The molecule has 176 valence electrons. The van der Waals surface area contributed by atoms with Gasteiger partial charge in [0, 0.05) is 29.5 Å². The molecular formula is C29H33N3OS. The molecule has 2 bridgehead atoms. The highest BCUT2D eigenvalue weighted by atomic mass is 32.2. The molecule has 2 aliphatic rings. The maximum absolute atomic E-state index is 13.5. The number of carbonyl (C=O) groups excluding carboxylic acids is 1. The molecular weight excluding hydrogens is 438 g/mol. The maximum atomic E-state index is 13.5. The molecule has 1 aliphatic carbocycles. The number of nitrogens with zero attached hydrogens (tertiary/aromatic N) is 3. The SMILES string of the molecule is Cc1ccc(-c2ccc(SCc3cccc(C(=O)N4C[C@@]5(C)C[C@H]4CC(C)(C)C5)c3)nn2)cc1. The van der Waals surface area contributed by atoms with Crippen LogP contribution in [0, 0.1) is 17.8 Å². The predicted octanol–water partition coefficient (Wildman–Crippen LogP) is 6.79. The molecule has 2 atom stereocenters. The van der Waals surface area contributed by atoms with E-state index in [-0.39, 0.29) is 11.3 Å². The summed E-state index contributed by atoms with van der Waals surface area (Å²) < 4.78 is 0. The van der Waals surface area contributed by atoms with E-state index in [1.165, 1.54) is 12.0 Å². The smallest absolute Gasteiger partial charge is 0.254 e. The van der Waals surface area contributed by atoms with Crippen LogP contribution < -0.4 is 0 Å². The molecule has 1 aromatic heterocycles. The molecule has 2 heterocycles. The lowest BCUT2D eigenvalue weighted by atomic mass is 9.65. The fourth-order valence-electron chi connectivity index (χ4n) is 6.09. The van der Waals surface area contributed by atoms with Crippen molar-refractivity contribution >= 4 is 17.7 Å². The zero-order chi connectivity index (χ0) is 23.9. The fourth-order valence-corrected chi connectivity index (χ4v) is 6.85. The average molecular weight is 472 g/mol.